The first kappa shape index (κ1) is 15.8. The lowest BCUT2D eigenvalue weighted by Crippen LogP contribution is -2.24. The summed E-state index contributed by atoms with van der Waals surface area (Å²) >= 11 is 0. The molecule has 0 N–H and O–H groups in total. The van der Waals surface area contributed by atoms with Crippen molar-refractivity contribution in [3.8, 4) is 5.75 Å². The van der Waals surface area contributed by atoms with Crippen LogP contribution >= 0.6 is 0 Å². The molecule has 126 valence electrons. The molecule has 2 aromatic carbocycles. The third kappa shape index (κ3) is 3.54. The van der Waals surface area contributed by atoms with Gasteiger partial charge in [-0.1, -0.05) is 18.2 Å². The summed E-state index contributed by atoms with van der Waals surface area (Å²) in [5.74, 6) is 1.31. The van der Waals surface area contributed by atoms with Crippen LogP contribution in [0.1, 0.15) is 0 Å². The summed E-state index contributed by atoms with van der Waals surface area (Å²) in [6.07, 6.45) is 10.0. The van der Waals surface area contributed by atoms with Gasteiger partial charge in [0.15, 0.2) is 5.82 Å². The van der Waals surface area contributed by atoms with Crippen LogP contribution in [-0.2, 0) is 0 Å². The average molecular weight is 341 g/mol. The zero-order valence-electron chi connectivity index (χ0n) is 13.9. The second-order valence-corrected chi connectivity index (χ2v) is 5.45. The molecule has 2 bridgehead atoms. The summed E-state index contributed by atoms with van der Waals surface area (Å²) in [4.78, 5) is 21.7. The van der Waals surface area contributed by atoms with Crippen molar-refractivity contribution < 1.29 is 4.74 Å². The summed E-state index contributed by atoms with van der Waals surface area (Å²) in [5, 5.41) is 2.58. The normalized spacial score (nSPS) is 15.0. The first-order valence-electron chi connectivity index (χ1n) is 8.12. The average Bonchev–Trinajstić information content (AvgIpc) is 2.67. The summed E-state index contributed by atoms with van der Waals surface area (Å²) in [7, 11) is 0. The molecule has 0 spiro atoms. The Morgan fingerprint density at radius 1 is 0.923 bits per heavy atom. The highest BCUT2D eigenvalue weighted by molar-refractivity contribution is 5.91. The molecule has 0 saturated carbocycles. The number of benzene rings is 2. The fourth-order valence-electron chi connectivity index (χ4n) is 2.53. The van der Waals surface area contributed by atoms with Gasteiger partial charge in [0.25, 0.3) is 0 Å². The molecule has 0 atom stereocenters. The van der Waals surface area contributed by atoms with Gasteiger partial charge < -0.3 is 4.74 Å². The van der Waals surface area contributed by atoms with Gasteiger partial charge >= 0.3 is 0 Å². The molecule has 4 rings (SSSR count). The molecule has 6 heteroatoms. The van der Waals surface area contributed by atoms with Crippen LogP contribution < -0.4 is 15.3 Å². The minimum Gasteiger partial charge on any atom is -0.488 e. The van der Waals surface area contributed by atoms with E-state index in [1.54, 1.807) is 24.8 Å². The Bertz CT molecular complexity index is 1150. The molecule has 0 aliphatic carbocycles. The fraction of sp³-hybridized carbons (Fsp3) is 0.0500. The Balaban J connectivity index is 1.97. The van der Waals surface area contributed by atoms with Crippen molar-refractivity contribution in [3.05, 3.63) is 71.8 Å². The van der Waals surface area contributed by atoms with E-state index in [1.807, 2.05) is 48.5 Å². The number of hydrogen-bond acceptors (Lipinski definition) is 6. The van der Waals surface area contributed by atoms with E-state index in [0.29, 0.717) is 18.2 Å². The van der Waals surface area contributed by atoms with Crippen LogP contribution in [0.3, 0.4) is 0 Å². The van der Waals surface area contributed by atoms with Gasteiger partial charge in [-0.3, -0.25) is 9.98 Å². The quantitative estimate of drug-likeness (QED) is 0.630. The monoisotopic (exact) mass is 341 g/mol. The predicted molar refractivity (Wildman–Crippen MR) is 103 cm³/mol. The molecular weight excluding hydrogens is 326 g/mol. The van der Waals surface area contributed by atoms with Crippen molar-refractivity contribution in [2.24, 2.45) is 15.0 Å². The molecule has 1 aromatic heterocycles. The molecule has 0 fully saturated rings. The second kappa shape index (κ2) is 7.48. The number of hydrogen-bond donors (Lipinski definition) is 0. The van der Waals surface area contributed by atoms with Crippen molar-refractivity contribution in [1.82, 2.24) is 9.97 Å². The van der Waals surface area contributed by atoms with E-state index in [0.717, 1.165) is 21.5 Å². The molecule has 26 heavy (non-hydrogen) atoms. The molecule has 2 heterocycles. The highest BCUT2D eigenvalue weighted by Crippen LogP contribution is 2.25. The van der Waals surface area contributed by atoms with E-state index in [2.05, 4.69) is 20.0 Å². The maximum absolute atomic E-state index is 5.71. The highest BCUT2D eigenvalue weighted by atomic mass is 16.5. The molecule has 1 aliphatic heterocycles. The molecule has 0 unspecified atom stereocenters. The van der Waals surface area contributed by atoms with Crippen LogP contribution in [0.5, 0.6) is 5.75 Å². The fourth-order valence-corrected chi connectivity index (χ4v) is 2.53. The van der Waals surface area contributed by atoms with Crippen molar-refractivity contribution >= 4 is 35.2 Å². The topological polar surface area (TPSA) is 72.1 Å². The van der Waals surface area contributed by atoms with Crippen molar-refractivity contribution in [1.29, 1.82) is 0 Å². The van der Waals surface area contributed by atoms with Gasteiger partial charge in [-0.05, 0) is 30.3 Å². The zero-order chi connectivity index (χ0) is 17.6. The number of ether oxygens (including phenoxy) is 1. The first-order valence-corrected chi connectivity index (χ1v) is 8.12. The lowest BCUT2D eigenvalue weighted by Gasteiger charge is -2.05. The van der Waals surface area contributed by atoms with Crippen LogP contribution in [0.15, 0.2) is 76.2 Å². The number of aliphatic imine (C=N–C) groups is 2. The first-order chi connectivity index (χ1) is 12.9. The SMILES string of the molecule is C1=CN=CCOc2ccc3ncnc(c3c2)N=c2cccc/c2=C\C=N1. The Kier molecular flexibility index (Phi) is 4.56. The zero-order valence-corrected chi connectivity index (χ0v) is 13.9. The van der Waals surface area contributed by atoms with Gasteiger partial charge in [0.05, 0.1) is 10.9 Å². The molecule has 6 nitrogen and oxygen atoms in total. The summed E-state index contributed by atoms with van der Waals surface area (Å²) in [6.45, 7) is 0.356. The molecule has 0 amide bonds. The maximum Gasteiger partial charge on any atom is 0.163 e. The predicted octanol–water partition coefficient (Wildman–Crippen LogP) is 2.37. The van der Waals surface area contributed by atoms with Crippen LogP contribution in [0.25, 0.3) is 17.0 Å². The number of rotatable bonds is 0. The minimum atomic E-state index is 0.356. The van der Waals surface area contributed by atoms with Gasteiger partial charge in [0.1, 0.15) is 18.7 Å². The van der Waals surface area contributed by atoms with Gasteiger partial charge in [-0.2, -0.15) is 0 Å². The van der Waals surface area contributed by atoms with Crippen LogP contribution in [0, 0.1) is 0 Å². The van der Waals surface area contributed by atoms with E-state index < -0.39 is 0 Å². The van der Waals surface area contributed by atoms with E-state index in [-0.39, 0.29) is 0 Å². The van der Waals surface area contributed by atoms with Crippen LogP contribution in [0.2, 0.25) is 0 Å². The summed E-state index contributed by atoms with van der Waals surface area (Å²) in [6, 6.07) is 13.5. The summed E-state index contributed by atoms with van der Waals surface area (Å²) < 4.78 is 5.71. The number of para-hydroxylation sites is 1. The molecule has 1 aliphatic rings. The van der Waals surface area contributed by atoms with Gasteiger partial charge in [0, 0.05) is 35.4 Å². The lowest BCUT2D eigenvalue weighted by molar-refractivity contribution is 0.381. The van der Waals surface area contributed by atoms with Gasteiger partial charge in [-0.25, -0.2) is 15.0 Å². The van der Waals surface area contributed by atoms with Crippen LogP contribution in [0.4, 0.5) is 5.82 Å². The maximum atomic E-state index is 5.71. The van der Waals surface area contributed by atoms with E-state index in [1.165, 1.54) is 6.33 Å². The third-order valence-corrected chi connectivity index (χ3v) is 3.76. The third-order valence-electron chi connectivity index (χ3n) is 3.76. The number of fused-ring (bicyclic) bond motifs is 2. The lowest BCUT2D eigenvalue weighted by atomic mass is 10.2. The standard InChI is InChI=1S/C20H15N5O/c1-2-4-18-15(3-1)7-8-21-9-10-22-11-12-26-16-5-6-19-17(13-16)20(25-18)24-14-23-19/h1-11,13-14H,12H2/b10-9?,15-7+,21-8?,22-11?,25-18?. The van der Waals surface area contributed by atoms with E-state index >= 15 is 0 Å². The van der Waals surface area contributed by atoms with Crippen molar-refractivity contribution in [2.75, 3.05) is 6.61 Å². The Morgan fingerprint density at radius 3 is 2.85 bits per heavy atom. The van der Waals surface area contributed by atoms with Crippen LogP contribution in [-0.4, -0.2) is 29.0 Å². The smallest absolute Gasteiger partial charge is 0.163 e. The second-order valence-electron chi connectivity index (χ2n) is 5.45. The van der Waals surface area contributed by atoms with Crippen molar-refractivity contribution in [3.63, 3.8) is 0 Å². The largest absolute Gasteiger partial charge is 0.488 e. The molecule has 3 aromatic rings. The van der Waals surface area contributed by atoms with Crippen molar-refractivity contribution in [2.45, 2.75) is 0 Å². The Hall–Kier alpha value is -3.67. The van der Waals surface area contributed by atoms with E-state index in [4.69, 9.17) is 9.73 Å². The van der Waals surface area contributed by atoms with E-state index in [9.17, 15) is 0 Å². The highest BCUT2D eigenvalue weighted by Gasteiger charge is 2.05. The minimum absolute atomic E-state index is 0.356. The molecule has 0 saturated heterocycles. The number of nitrogens with zero attached hydrogens (tertiary/aromatic N) is 5. The Morgan fingerprint density at radius 2 is 1.85 bits per heavy atom. The Labute approximate surface area is 149 Å². The molecule has 0 radical (unpaired) electrons. The van der Waals surface area contributed by atoms with Gasteiger partial charge in [-0.15, -0.1) is 0 Å². The molecular formula is C20H15N5O. The van der Waals surface area contributed by atoms with Gasteiger partial charge in [0.2, 0.25) is 0 Å². The number of aromatic nitrogens is 2. The summed E-state index contributed by atoms with van der Waals surface area (Å²) in [5.41, 5.74) is 0.812.